The number of carbonyl (C=O) groups is 2. The predicted octanol–water partition coefficient (Wildman–Crippen LogP) is 1.10. The molecule has 0 saturated carbocycles. The zero-order valence-corrected chi connectivity index (χ0v) is 12.3. The molecule has 1 amide bonds. The van der Waals surface area contributed by atoms with Crippen molar-refractivity contribution in [2.24, 2.45) is 0 Å². The van der Waals surface area contributed by atoms with Gasteiger partial charge in [-0.15, -0.1) is 5.10 Å². The summed E-state index contributed by atoms with van der Waals surface area (Å²) in [5, 5.41) is 10.5. The molecule has 0 fully saturated rings. The number of anilines is 1. The van der Waals surface area contributed by atoms with Crippen molar-refractivity contribution in [2.45, 2.75) is 13.5 Å². The second kappa shape index (κ2) is 7.21. The van der Waals surface area contributed by atoms with E-state index in [4.69, 9.17) is 9.47 Å². The number of aromatic nitrogens is 3. The number of amides is 1. The van der Waals surface area contributed by atoms with Crippen LogP contribution in [0.3, 0.4) is 0 Å². The van der Waals surface area contributed by atoms with Crippen molar-refractivity contribution in [3.8, 4) is 5.75 Å². The van der Waals surface area contributed by atoms with Crippen molar-refractivity contribution >= 4 is 17.7 Å². The largest absolute Gasteiger partial charge is 0.497 e. The lowest BCUT2D eigenvalue weighted by atomic mass is 10.2. The van der Waals surface area contributed by atoms with Crippen LogP contribution in [-0.4, -0.2) is 40.6 Å². The molecule has 8 heteroatoms. The number of methoxy groups -OCH3 is 1. The Morgan fingerprint density at radius 2 is 2.00 bits per heavy atom. The quantitative estimate of drug-likeness (QED) is 0.803. The lowest BCUT2D eigenvalue weighted by Crippen LogP contribution is -2.16. The summed E-state index contributed by atoms with van der Waals surface area (Å²) >= 11 is 0. The SMILES string of the molecule is CCOC(=O)Cn1ncc(NC(=O)c2ccc(OC)cc2)n1. The molecule has 8 nitrogen and oxygen atoms in total. The number of rotatable bonds is 6. The van der Waals surface area contributed by atoms with E-state index in [1.807, 2.05) is 0 Å². The van der Waals surface area contributed by atoms with Gasteiger partial charge in [0.2, 0.25) is 0 Å². The second-order valence-corrected chi connectivity index (χ2v) is 4.25. The van der Waals surface area contributed by atoms with Crippen molar-refractivity contribution in [1.82, 2.24) is 15.0 Å². The first kappa shape index (κ1) is 15.5. The van der Waals surface area contributed by atoms with Crippen molar-refractivity contribution in [2.75, 3.05) is 19.0 Å². The van der Waals surface area contributed by atoms with Gasteiger partial charge in [-0.25, -0.2) is 4.79 Å². The molecular formula is C14H16N4O4. The smallest absolute Gasteiger partial charge is 0.329 e. The number of esters is 1. The van der Waals surface area contributed by atoms with Crippen LogP contribution in [0.25, 0.3) is 0 Å². The van der Waals surface area contributed by atoms with Crippen molar-refractivity contribution in [1.29, 1.82) is 0 Å². The van der Waals surface area contributed by atoms with Crippen molar-refractivity contribution < 1.29 is 19.1 Å². The summed E-state index contributed by atoms with van der Waals surface area (Å²) in [4.78, 5) is 24.5. The Morgan fingerprint density at radius 1 is 1.27 bits per heavy atom. The van der Waals surface area contributed by atoms with Crippen LogP contribution in [0.1, 0.15) is 17.3 Å². The minimum Gasteiger partial charge on any atom is -0.497 e. The Labute approximate surface area is 127 Å². The number of ether oxygens (including phenoxy) is 2. The van der Waals surface area contributed by atoms with Crippen LogP contribution in [0.15, 0.2) is 30.5 Å². The normalized spacial score (nSPS) is 10.1. The van der Waals surface area contributed by atoms with E-state index < -0.39 is 5.97 Å². The highest BCUT2D eigenvalue weighted by atomic mass is 16.5. The van der Waals surface area contributed by atoms with Crippen LogP contribution in [-0.2, 0) is 16.1 Å². The fourth-order valence-electron chi connectivity index (χ4n) is 1.68. The monoisotopic (exact) mass is 304 g/mol. The van der Waals surface area contributed by atoms with Crippen LogP contribution in [0.4, 0.5) is 5.82 Å². The molecular weight excluding hydrogens is 288 g/mol. The van der Waals surface area contributed by atoms with Gasteiger partial charge in [-0.3, -0.25) is 4.79 Å². The molecule has 1 aromatic heterocycles. The number of benzene rings is 1. The molecule has 2 aromatic rings. The minimum absolute atomic E-state index is 0.105. The zero-order valence-electron chi connectivity index (χ0n) is 12.3. The van der Waals surface area contributed by atoms with Crippen molar-refractivity contribution in [3.05, 3.63) is 36.0 Å². The first-order valence-corrected chi connectivity index (χ1v) is 6.63. The van der Waals surface area contributed by atoms with Gasteiger partial charge in [0.1, 0.15) is 5.75 Å². The van der Waals surface area contributed by atoms with Crippen LogP contribution in [0, 0.1) is 0 Å². The number of hydrogen-bond acceptors (Lipinski definition) is 6. The molecule has 116 valence electrons. The Hall–Kier alpha value is -2.90. The van der Waals surface area contributed by atoms with Gasteiger partial charge in [-0.1, -0.05) is 0 Å². The summed E-state index contributed by atoms with van der Waals surface area (Å²) in [6, 6.07) is 6.65. The molecule has 1 heterocycles. The van der Waals surface area contributed by atoms with Crippen molar-refractivity contribution in [3.63, 3.8) is 0 Å². The van der Waals surface area contributed by atoms with Crippen LogP contribution < -0.4 is 10.1 Å². The van der Waals surface area contributed by atoms with Crippen LogP contribution in [0.5, 0.6) is 5.75 Å². The summed E-state index contributed by atoms with van der Waals surface area (Å²) in [6.07, 6.45) is 1.36. The standard InChI is InChI=1S/C14H16N4O4/c1-3-22-13(19)9-18-15-8-12(17-18)16-14(20)10-4-6-11(21-2)7-5-10/h4-8H,3,9H2,1-2H3,(H,16,17,20). The van der Waals surface area contributed by atoms with Gasteiger partial charge in [0.25, 0.3) is 5.91 Å². The lowest BCUT2D eigenvalue weighted by Gasteiger charge is -2.03. The molecule has 0 spiro atoms. The molecule has 0 atom stereocenters. The van der Waals surface area contributed by atoms with E-state index in [2.05, 4.69) is 15.5 Å². The summed E-state index contributed by atoms with van der Waals surface area (Å²) in [5.41, 5.74) is 0.459. The van der Waals surface area contributed by atoms with Gasteiger partial charge in [-0.2, -0.15) is 9.90 Å². The van der Waals surface area contributed by atoms with E-state index in [1.54, 1.807) is 38.3 Å². The molecule has 0 bridgehead atoms. The fraction of sp³-hybridized carbons (Fsp3) is 0.286. The Kier molecular flexibility index (Phi) is 5.07. The minimum atomic E-state index is -0.439. The van der Waals surface area contributed by atoms with E-state index in [0.717, 1.165) is 4.80 Å². The molecule has 0 aliphatic heterocycles. The molecule has 0 aliphatic rings. The number of nitrogens with zero attached hydrogens (tertiary/aromatic N) is 3. The summed E-state index contributed by atoms with van der Waals surface area (Å²) < 4.78 is 9.81. The highest BCUT2D eigenvalue weighted by Crippen LogP contribution is 2.12. The van der Waals surface area contributed by atoms with E-state index in [1.165, 1.54) is 6.20 Å². The molecule has 0 unspecified atom stereocenters. The maximum atomic E-state index is 12.0. The first-order valence-electron chi connectivity index (χ1n) is 6.63. The Bertz CT molecular complexity index is 651. The Morgan fingerprint density at radius 3 is 2.64 bits per heavy atom. The predicted molar refractivity (Wildman–Crippen MR) is 77.6 cm³/mol. The highest BCUT2D eigenvalue weighted by Gasteiger charge is 2.10. The third-order valence-electron chi connectivity index (χ3n) is 2.71. The van der Waals surface area contributed by atoms with Crippen LogP contribution >= 0.6 is 0 Å². The molecule has 1 N–H and O–H groups in total. The Balaban J connectivity index is 1.96. The highest BCUT2D eigenvalue weighted by molar-refractivity contribution is 6.03. The summed E-state index contributed by atoms with van der Waals surface area (Å²) in [5.74, 6) is 0.152. The van der Waals surface area contributed by atoms with Gasteiger partial charge >= 0.3 is 5.97 Å². The third-order valence-corrected chi connectivity index (χ3v) is 2.71. The first-order chi connectivity index (χ1) is 10.6. The average Bonchev–Trinajstić information content (AvgIpc) is 2.94. The summed E-state index contributed by atoms with van der Waals surface area (Å²) in [6.45, 7) is 1.91. The molecule has 1 aromatic carbocycles. The van der Waals surface area contributed by atoms with Crippen LogP contribution in [0.2, 0.25) is 0 Å². The fourth-order valence-corrected chi connectivity index (χ4v) is 1.68. The molecule has 0 aliphatic carbocycles. The molecule has 0 saturated heterocycles. The van der Waals surface area contributed by atoms with Gasteiger partial charge in [0.05, 0.1) is 19.9 Å². The molecule has 22 heavy (non-hydrogen) atoms. The van der Waals surface area contributed by atoms with E-state index in [0.29, 0.717) is 17.9 Å². The zero-order chi connectivity index (χ0) is 15.9. The van der Waals surface area contributed by atoms with Gasteiger partial charge in [-0.05, 0) is 31.2 Å². The lowest BCUT2D eigenvalue weighted by molar-refractivity contribution is -0.144. The second-order valence-electron chi connectivity index (χ2n) is 4.25. The van der Waals surface area contributed by atoms with E-state index in [-0.39, 0.29) is 18.3 Å². The van der Waals surface area contributed by atoms with Gasteiger partial charge in [0, 0.05) is 5.56 Å². The third kappa shape index (κ3) is 4.05. The van der Waals surface area contributed by atoms with Gasteiger partial charge < -0.3 is 14.8 Å². The maximum absolute atomic E-state index is 12.0. The molecule has 0 radical (unpaired) electrons. The maximum Gasteiger partial charge on any atom is 0.329 e. The molecule has 2 rings (SSSR count). The van der Waals surface area contributed by atoms with E-state index >= 15 is 0 Å². The number of hydrogen-bond donors (Lipinski definition) is 1. The number of nitrogens with one attached hydrogen (secondary N) is 1. The average molecular weight is 304 g/mol. The van der Waals surface area contributed by atoms with Gasteiger partial charge in [0.15, 0.2) is 12.4 Å². The topological polar surface area (TPSA) is 95.3 Å². The number of carbonyl (C=O) groups excluding carboxylic acids is 2. The summed E-state index contributed by atoms with van der Waals surface area (Å²) in [7, 11) is 1.55. The van der Waals surface area contributed by atoms with E-state index in [9.17, 15) is 9.59 Å².